The standard InChI is InChI=1S/C17H22N2O6S2/c1-24-16(22)10-6-18-14(20)12-8-3-4-9(5-8)13(12)15(21)19-7-11(27-26-10)17(23)25-2/h3-4,8-13H,5-7H2,1-2H3,(H,18,20)(H,19,21)/t8-,9+,10-,11-,12-,13-/m0/s1. The Kier molecular flexibility index (Phi) is 6.36. The molecule has 3 rings (SSSR count). The van der Waals surface area contributed by atoms with Crippen molar-refractivity contribution in [1.29, 1.82) is 0 Å². The third-order valence-corrected chi connectivity index (χ3v) is 8.23. The van der Waals surface area contributed by atoms with Crippen molar-refractivity contribution in [2.24, 2.45) is 23.7 Å². The number of methoxy groups -OCH3 is 2. The number of fused-ring (bicyclic) bond motifs is 5. The molecule has 8 nitrogen and oxygen atoms in total. The number of nitrogens with one attached hydrogen (secondary N) is 2. The van der Waals surface area contributed by atoms with Crippen LogP contribution in [0.4, 0.5) is 0 Å². The van der Waals surface area contributed by atoms with E-state index < -0.39 is 34.3 Å². The van der Waals surface area contributed by atoms with Crippen LogP contribution in [0.15, 0.2) is 12.2 Å². The quantitative estimate of drug-likeness (QED) is 0.373. The third kappa shape index (κ3) is 4.11. The number of carbonyl (C=O) groups is 4. The predicted molar refractivity (Wildman–Crippen MR) is 101 cm³/mol. The summed E-state index contributed by atoms with van der Waals surface area (Å²) in [5, 5.41) is 4.26. The van der Waals surface area contributed by atoms with Crippen molar-refractivity contribution in [3.8, 4) is 0 Å². The molecular formula is C17H22N2O6S2. The Balaban J connectivity index is 1.83. The average Bonchev–Trinajstić information content (AvgIpc) is 3.29. The first kappa shape index (κ1) is 20.1. The van der Waals surface area contributed by atoms with Gasteiger partial charge in [-0.3, -0.25) is 19.2 Å². The van der Waals surface area contributed by atoms with Gasteiger partial charge in [-0.2, -0.15) is 0 Å². The minimum absolute atomic E-state index is 0.0173. The lowest BCUT2D eigenvalue weighted by Gasteiger charge is -2.28. The van der Waals surface area contributed by atoms with E-state index in [0.29, 0.717) is 0 Å². The molecule has 0 radical (unpaired) electrons. The van der Waals surface area contributed by atoms with Gasteiger partial charge in [-0.05, 0) is 18.3 Å². The molecule has 2 fully saturated rings. The van der Waals surface area contributed by atoms with Crippen LogP contribution >= 0.6 is 21.6 Å². The molecule has 0 aromatic rings. The lowest BCUT2D eigenvalue weighted by atomic mass is 9.81. The summed E-state index contributed by atoms with van der Waals surface area (Å²) in [6.45, 7) is 0.145. The molecule has 148 valence electrons. The first-order chi connectivity index (χ1) is 13.0. The topological polar surface area (TPSA) is 111 Å². The molecule has 1 saturated heterocycles. The van der Waals surface area contributed by atoms with Crippen molar-refractivity contribution in [2.45, 2.75) is 16.9 Å². The van der Waals surface area contributed by atoms with Gasteiger partial charge in [0.1, 0.15) is 10.5 Å². The molecule has 0 spiro atoms. The summed E-state index contributed by atoms with van der Waals surface area (Å²) in [5.74, 6) is -2.32. The summed E-state index contributed by atoms with van der Waals surface area (Å²) in [4.78, 5) is 49.6. The lowest BCUT2D eigenvalue weighted by Crippen LogP contribution is -2.48. The van der Waals surface area contributed by atoms with Crippen molar-refractivity contribution in [1.82, 2.24) is 10.6 Å². The molecular weight excluding hydrogens is 392 g/mol. The molecule has 27 heavy (non-hydrogen) atoms. The molecule has 3 aliphatic rings. The van der Waals surface area contributed by atoms with Gasteiger partial charge in [0.25, 0.3) is 0 Å². The number of hydrogen-bond donors (Lipinski definition) is 2. The Morgan fingerprint density at radius 1 is 0.889 bits per heavy atom. The first-order valence-electron chi connectivity index (χ1n) is 8.67. The third-order valence-electron chi connectivity index (χ3n) is 5.20. The van der Waals surface area contributed by atoms with Crippen LogP contribution in [0.5, 0.6) is 0 Å². The molecule has 0 aromatic heterocycles. The van der Waals surface area contributed by atoms with E-state index in [2.05, 4.69) is 10.6 Å². The Morgan fingerprint density at radius 2 is 1.30 bits per heavy atom. The van der Waals surface area contributed by atoms with Crippen LogP contribution in [0.3, 0.4) is 0 Å². The molecule has 1 heterocycles. The van der Waals surface area contributed by atoms with E-state index in [1.54, 1.807) is 0 Å². The normalized spacial score (nSPS) is 35.9. The molecule has 0 aromatic carbocycles. The number of amides is 2. The Morgan fingerprint density at radius 3 is 1.67 bits per heavy atom. The van der Waals surface area contributed by atoms with Gasteiger partial charge in [0.2, 0.25) is 11.8 Å². The molecule has 10 heteroatoms. The SMILES string of the molecule is COC(=O)[C@@H]1CNC(=O)[C@@H]2[C@@H](C(=O)NC[C@@H](C(=O)OC)SS1)[C@H]1C=C[C@@H]2C1. The van der Waals surface area contributed by atoms with Crippen LogP contribution in [-0.2, 0) is 28.7 Å². The van der Waals surface area contributed by atoms with Gasteiger partial charge >= 0.3 is 11.9 Å². The number of hydrogen-bond acceptors (Lipinski definition) is 8. The molecule has 1 saturated carbocycles. The highest BCUT2D eigenvalue weighted by atomic mass is 33.1. The number of rotatable bonds is 2. The second kappa shape index (κ2) is 8.55. The molecule has 2 bridgehead atoms. The Hall–Kier alpha value is -1.68. The maximum Gasteiger partial charge on any atom is 0.321 e. The molecule has 6 atom stereocenters. The molecule has 2 amide bonds. The Bertz CT molecular complexity index is 616. The predicted octanol–water partition coefficient (Wildman–Crippen LogP) is 0.135. The van der Waals surface area contributed by atoms with E-state index in [1.165, 1.54) is 14.2 Å². The average molecular weight is 415 g/mol. The fraction of sp³-hybridized carbons (Fsp3) is 0.647. The van der Waals surface area contributed by atoms with Crippen molar-refractivity contribution in [2.75, 3.05) is 27.3 Å². The van der Waals surface area contributed by atoms with Crippen LogP contribution in [0.2, 0.25) is 0 Å². The van der Waals surface area contributed by atoms with E-state index >= 15 is 0 Å². The largest absolute Gasteiger partial charge is 0.468 e. The van der Waals surface area contributed by atoms with Crippen molar-refractivity contribution >= 4 is 45.3 Å². The van der Waals surface area contributed by atoms with Crippen molar-refractivity contribution < 1.29 is 28.7 Å². The second-order valence-corrected chi connectivity index (χ2v) is 9.38. The summed E-state index contributed by atoms with van der Waals surface area (Å²) >= 11 is 0. The number of esters is 2. The van der Waals surface area contributed by atoms with Crippen LogP contribution in [0.1, 0.15) is 6.42 Å². The van der Waals surface area contributed by atoms with E-state index in [0.717, 1.165) is 28.0 Å². The smallest absolute Gasteiger partial charge is 0.321 e. The number of allylic oxidation sites excluding steroid dienone is 2. The van der Waals surface area contributed by atoms with E-state index in [-0.39, 0.29) is 36.7 Å². The molecule has 2 N–H and O–H groups in total. The minimum atomic E-state index is -0.668. The van der Waals surface area contributed by atoms with E-state index in [1.807, 2.05) is 12.2 Å². The Labute approximate surface area is 164 Å². The van der Waals surface area contributed by atoms with Crippen LogP contribution in [-0.4, -0.2) is 61.6 Å². The van der Waals surface area contributed by atoms with Gasteiger partial charge in [-0.1, -0.05) is 33.7 Å². The summed E-state index contributed by atoms with van der Waals surface area (Å²) in [7, 11) is 4.81. The number of ether oxygens (including phenoxy) is 2. The first-order valence-corrected chi connectivity index (χ1v) is 11.0. The van der Waals surface area contributed by atoms with Crippen LogP contribution < -0.4 is 10.6 Å². The van der Waals surface area contributed by atoms with Gasteiger partial charge < -0.3 is 20.1 Å². The highest BCUT2D eigenvalue weighted by Gasteiger charge is 2.51. The van der Waals surface area contributed by atoms with Crippen molar-refractivity contribution in [3.05, 3.63) is 12.2 Å². The molecule has 1 aliphatic heterocycles. The highest BCUT2D eigenvalue weighted by molar-refractivity contribution is 8.77. The van der Waals surface area contributed by atoms with Gasteiger partial charge in [0.15, 0.2) is 0 Å². The summed E-state index contributed by atoms with van der Waals surface area (Å²) in [6, 6.07) is 0. The summed E-state index contributed by atoms with van der Waals surface area (Å²) < 4.78 is 9.61. The van der Waals surface area contributed by atoms with Gasteiger partial charge in [0.05, 0.1) is 26.1 Å². The second-order valence-electron chi connectivity index (χ2n) is 6.71. The van der Waals surface area contributed by atoms with Gasteiger partial charge in [0, 0.05) is 13.1 Å². The maximum atomic E-state index is 12.8. The van der Waals surface area contributed by atoms with E-state index in [9.17, 15) is 19.2 Å². The molecule has 2 aliphatic carbocycles. The zero-order chi connectivity index (χ0) is 19.6. The monoisotopic (exact) mass is 414 g/mol. The summed E-state index contributed by atoms with van der Waals surface area (Å²) in [6.07, 6.45) is 4.74. The highest BCUT2D eigenvalue weighted by Crippen LogP contribution is 2.48. The maximum absolute atomic E-state index is 12.8. The fourth-order valence-corrected chi connectivity index (χ4v) is 6.47. The van der Waals surface area contributed by atoms with Crippen LogP contribution in [0.25, 0.3) is 0 Å². The zero-order valence-electron chi connectivity index (χ0n) is 15.0. The fourth-order valence-electron chi connectivity index (χ4n) is 3.87. The minimum Gasteiger partial charge on any atom is -0.468 e. The number of carbonyl (C=O) groups excluding carboxylic acids is 4. The van der Waals surface area contributed by atoms with E-state index in [4.69, 9.17) is 9.47 Å². The van der Waals surface area contributed by atoms with Gasteiger partial charge in [-0.25, -0.2) is 0 Å². The van der Waals surface area contributed by atoms with Crippen LogP contribution in [0, 0.1) is 23.7 Å². The zero-order valence-corrected chi connectivity index (χ0v) is 16.6. The van der Waals surface area contributed by atoms with Gasteiger partial charge in [-0.15, -0.1) is 0 Å². The molecule has 0 unspecified atom stereocenters. The van der Waals surface area contributed by atoms with Crippen molar-refractivity contribution in [3.63, 3.8) is 0 Å². The lowest BCUT2D eigenvalue weighted by molar-refractivity contribution is -0.141. The summed E-state index contributed by atoms with van der Waals surface area (Å²) in [5.41, 5.74) is 0.